The van der Waals surface area contributed by atoms with E-state index in [9.17, 15) is 13.6 Å². The zero-order valence-corrected chi connectivity index (χ0v) is 11.0. The molecular formula is C14H17F2N3O. The van der Waals surface area contributed by atoms with E-state index in [1.54, 1.807) is 0 Å². The summed E-state index contributed by atoms with van der Waals surface area (Å²) in [4.78, 5) is 14.4. The van der Waals surface area contributed by atoms with Crippen molar-refractivity contribution in [1.29, 1.82) is 0 Å². The van der Waals surface area contributed by atoms with Gasteiger partial charge in [0.15, 0.2) is 0 Å². The third-order valence-corrected chi connectivity index (χ3v) is 3.95. The van der Waals surface area contributed by atoms with Gasteiger partial charge in [0, 0.05) is 31.2 Å². The van der Waals surface area contributed by atoms with Gasteiger partial charge in [-0.2, -0.15) is 0 Å². The summed E-state index contributed by atoms with van der Waals surface area (Å²) in [6, 6.07) is 2.38. The van der Waals surface area contributed by atoms with E-state index in [-0.39, 0.29) is 17.3 Å². The number of hydrogen-bond donors (Lipinski definition) is 2. The number of likely N-dealkylation sites (tertiary alicyclic amines) is 1. The van der Waals surface area contributed by atoms with E-state index in [1.807, 2.05) is 0 Å². The van der Waals surface area contributed by atoms with Crippen molar-refractivity contribution in [2.75, 3.05) is 18.8 Å². The molecule has 0 aromatic heterocycles. The van der Waals surface area contributed by atoms with Gasteiger partial charge in [-0.25, -0.2) is 8.78 Å². The Morgan fingerprint density at radius 2 is 2.00 bits per heavy atom. The summed E-state index contributed by atoms with van der Waals surface area (Å²) in [7, 11) is 0. The van der Waals surface area contributed by atoms with Crippen LogP contribution >= 0.6 is 0 Å². The van der Waals surface area contributed by atoms with Gasteiger partial charge in [0.05, 0.1) is 11.3 Å². The molecule has 1 aromatic rings. The maximum Gasteiger partial charge on any atom is 0.254 e. The number of benzene rings is 1. The van der Waals surface area contributed by atoms with Crippen molar-refractivity contribution in [1.82, 2.24) is 10.2 Å². The highest BCUT2D eigenvalue weighted by atomic mass is 19.1. The van der Waals surface area contributed by atoms with E-state index in [0.29, 0.717) is 12.1 Å². The Morgan fingerprint density at radius 3 is 2.70 bits per heavy atom. The standard InChI is InChI=1S/C14H17F2N3O/c15-11-6-12(16)13(17)5-10(11)14(20)18-8-3-4-19(7-8)9-1-2-9/h5-6,8-9H,1-4,7,17H2,(H,18,20). The van der Waals surface area contributed by atoms with Crippen LogP contribution in [0.4, 0.5) is 14.5 Å². The molecule has 0 radical (unpaired) electrons. The van der Waals surface area contributed by atoms with E-state index in [0.717, 1.165) is 25.6 Å². The lowest BCUT2D eigenvalue weighted by atomic mass is 10.1. The van der Waals surface area contributed by atoms with Gasteiger partial charge < -0.3 is 11.1 Å². The molecule has 2 aliphatic rings. The quantitative estimate of drug-likeness (QED) is 0.826. The van der Waals surface area contributed by atoms with E-state index in [1.165, 1.54) is 12.8 Å². The van der Waals surface area contributed by atoms with Crippen LogP contribution in [0, 0.1) is 11.6 Å². The number of anilines is 1. The first-order valence-corrected chi connectivity index (χ1v) is 6.84. The van der Waals surface area contributed by atoms with Crippen molar-refractivity contribution >= 4 is 11.6 Å². The summed E-state index contributed by atoms with van der Waals surface area (Å²) >= 11 is 0. The van der Waals surface area contributed by atoms with Gasteiger partial charge in [-0.1, -0.05) is 0 Å². The molecule has 0 bridgehead atoms. The maximum absolute atomic E-state index is 13.6. The van der Waals surface area contributed by atoms with Gasteiger partial charge in [-0.05, 0) is 25.3 Å². The van der Waals surface area contributed by atoms with Crippen LogP contribution in [-0.2, 0) is 0 Å². The first kappa shape index (κ1) is 13.3. The highest BCUT2D eigenvalue weighted by molar-refractivity contribution is 5.95. The first-order valence-electron chi connectivity index (χ1n) is 6.84. The monoisotopic (exact) mass is 281 g/mol. The highest BCUT2D eigenvalue weighted by Gasteiger charge is 2.35. The number of rotatable bonds is 3. The minimum absolute atomic E-state index is 0.0220. The largest absolute Gasteiger partial charge is 0.396 e. The van der Waals surface area contributed by atoms with Crippen LogP contribution in [0.3, 0.4) is 0 Å². The molecule has 4 nitrogen and oxygen atoms in total. The predicted molar refractivity (Wildman–Crippen MR) is 71.2 cm³/mol. The predicted octanol–water partition coefficient (Wildman–Crippen LogP) is 1.51. The number of carbonyl (C=O) groups excluding carboxylic acids is 1. The lowest BCUT2D eigenvalue weighted by Gasteiger charge is -2.16. The van der Waals surface area contributed by atoms with Crippen LogP contribution < -0.4 is 11.1 Å². The molecule has 1 saturated heterocycles. The fraction of sp³-hybridized carbons (Fsp3) is 0.500. The fourth-order valence-electron chi connectivity index (χ4n) is 2.68. The number of nitrogens with one attached hydrogen (secondary N) is 1. The summed E-state index contributed by atoms with van der Waals surface area (Å²) in [5.41, 5.74) is 4.96. The molecule has 1 aromatic carbocycles. The number of hydrogen-bond acceptors (Lipinski definition) is 3. The van der Waals surface area contributed by atoms with E-state index in [2.05, 4.69) is 10.2 Å². The van der Waals surface area contributed by atoms with E-state index < -0.39 is 17.5 Å². The fourth-order valence-corrected chi connectivity index (χ4v) is 2.68. The van der Waals surface area contributed by atoms with Gasteiger partial charge in [0.1, 0.15) is 11.6 Å². The van der Waals surface area contributed by atoms with E-state index in [4.69, 9.17) is 5.73 Å². The van der Waals surface area contributed by atoms with Crippen molar-refractivity contribution < 1.29 is 13.6 Å². The van der Waals surface area contributed by atoms with Crippen molar-refractivity contribution in [3.8, 4) is 0 Å². The van der Waals surface area contributed by atoms with Crippen LogP contribution in [0.25, 0.3) is 0 Å². The Morgan fingerprint density at radius 1 is 1.25 bits per heavy atom. The average molecular weight is 281 g/mol. The molecule has 1 heterocycles. The van der Waals surface area contributed by atoms with Gasteiger partial charge >= 0.3 is 0 Å². The van der Waals surface area contributed by atoms with Gasteiger partial charge in [-0.15, -0.1) is 0 Å². The van der Waals surface area contributed by atoms with Crippen molar-refractivity contribution in [2.45, 2.75) is 31.3 Å². The van der Waals surface area contributed by atoms with Crippen LogP contribution in [0.15, 0.2) is 12.1 Å². The number of nitrogen functional groups attached to an aromatic ring is 1. The smallest absolute Gasteiger partial charge is 0.254 e. The average Bonchev–Trinajstić information content (AvgIpc) is 3.15. The Hall–Kier alpha value is -1.69. The minimum atomic E-state index is -0.883. The summed E-state index contributed by atoms with van der Waals surface area (Å²) in [6.07, 6.45) is 3.31. The second kappa shape index (κ2) is 5.01. The summed E-state index contributed by atoms with van der Waals surface area (Å²) in [6.45, 7) is 1.76. The molecule has 3 rings (SSSR count). The SMILES string of the molecule is Nc1cc(C(=O)NC2CCN(C3CC3)C2)c(F)cc1F. The topological polar surface area (TPSA) is 58.4 Å². The second-order valence-corrected chi connectivity index (χ2v) is 5.54. The molecule has 6 heteroatoms. The van der Waals surface area contributed by atoms with Gasteiger partial charge in [0.25, 0.3) is 5.91 Å². The van der Waals surface area contributed by atoms with Crippen LogP contribution in [0.2, 0.25) is 0 Å². The molecule has 1 saturated carbocycles. The van der Waals surface area contributed by atoms with Crippen LogP contribution in [0.5, 0.6) is 0 Å². The third-order valence-electron chi connectivity index (χ3n) is 3.95. The van der Waals surface area contributed by atoms with Gasteiger partial charge in [-0.3, -0.25) is 9.69 Å². The molecule has 1 aliphatic heterocycles. The number of halogens is 2. The zero-order chi connectivity index (χ0) is 14.3. The Balaban J connectivity index is 1.66. The van der Waals surface area contributed by atoms with Crippen LogP contribution in [0.1, 0.15) is 29.6 Å². The number of amides is 1. The van der Waals surface area contributed by atoms with Gasteiger partial charge in [0.2, 0.25) is 0 Å². The third kappa shape index (κ3) is 2.60. The molecule has 108 valence electrons. The number of nitrogens with two attached hydrogens (primary N) is 1. The summed E-state index contributed by atoms with van der Waals surface area (Å²) in [5.74, 6) is -2.26. The molecule has 1 unspecified atom stereocenters. The molecule has 20 heavy (non-hydrogen) atoms. The highest BCUT2D eigenvalue weighted by Crippen LogP contribution is 2.29. The molecule has 2 fully saturated rings. The van der Waals surface area contributed by atoms with E-state index >= 15 is 0 Å². The zero-order valence-electron chi connectivity index (χ0n) is 11.0. The molecule has 1 aliphatic carbocycles. The first-order chi connectivity index (χ1) is 9.54. The molecule has 1 amide bonds. The Kier molecular flexibility index (Phi) is 3.33. The number of nitrogens with zero attached hydrogens (tertiary/aromatic N) is 1. The second-order valence-electron chi connectivity index (χ2n) is 5.54. The number of carbonyl (C=O) groups is 1. The molecule has 1 atom stereocenters. The maximum atomic E-state index is 13.6. The summed E-state index contributed by atoms with van der Waals surface area (Å²) < 4.78 is 26.7. The Bertz CT molecular complexity index is 545. The summed E-state index contributed by atoms with van der Waals surface area (Å²) in [5, 5.41) is 2.80. The van der Waals surface area contributed by atoms with Crippen molar-refractivity contribution in [2.24, 2.45) is 0 Å². The molecule has 0 spiro atoms. The normalized spacial score (nSPS) is 23.0. The van der Waals surface area contributed by atoms with Crippen molar-refractivity contribution in [3.63, 3.8) is 0 Å². The lowest BCUT2D eigenvalue weighted by Crippen LogP contribution is -2.37. The molecule has 3 N–H and O–H groups in total. The van der Waals surface area contributed by atoms with Crippen molar-refractivity contribution in [3.05, 3.63) is 29.3 Å². The molecular weight excluding hydrogens is 264 g/mol. The minimum Gasteiger partial charge on any atom is -0.396 e. The van der Waals surface area contributed by atoms with Crippen LogP contribution in [-0.4, -0.2) is 36.0 Å². The Labute approximate surface area is 115 Å². The lowest BCUT2D eigenvalue weighted by molar-refractivity contribution is 0.0933.